The van der Waals surface area contributed by atoms with Crippen molar-refractivity contribution in [3.05, 3.63) is 59.0 Å². The first-order valence-corrected chi connectivity index (χ1v) is 6.84. The lowest BCUT2D eigenvalue weighted by Crippen LogP contribution is -2.43. The van der Waals surface area contributed by atoms with Crippen molar-refractivity contribution in [2.45, 2.75) is 20.5 Å². The third-order valence-electron chi connectivity index (χ3n) is 2.95. The van der Waals surface area contributed by atoms with Crippen LogP contribution in [-0.2, 0) is 16.1 Å². The van der Waals surface area contributed by atoms with Crippen LogP contribution in [0.5, 0.6) is 0 Å². The van der Waals surface area contributed by atoms with Crippen molar-refractivity contribution in [2.24, 2.45) is 0 Å². The molecule has 2 N–H and O–H groups in total. The highest BCUT2D eigenvalue weighted by Crippen LogP contribution is 2.12. The first-order valence-electron chi connectivity index (χ1n) is 6.84. The number of hydrazine groups is 1. The van der Waals surface area contributed by atoms with Crippen LogP contribution in [0, 0.1) is 13.8 Å². The Kier molecular flexibility index (Phi) is 5.32. The average molecular weight is 302 g/mol. The van der Waals surface area contributed by atoms with Gasteiger partial charge in [-0.1, -0.05) is 30.3 Å². The molecule has 2 aromatic rings. The molecule has 22 heavy (non-hydrogen) atoms. The molecule has 2 rings (SSSR count). The number of hydrogen-bond acceptors (Lipinski definition) is 4. The molecule has 0 radical (unpaired) electrons. The second-order valence-corrected chi connectivity index (χ2v) is 4.81. The van der Waals surface area contributed by atoms with Crippen LogP contribution in [0.25, 0.3) is 0 Å². The zero-order valence-electron chi connectivity index (χ0n) is 12.5. The number of furan rings is 1. The van der Waals surface area contributed by atoms with Crippen LogP contribution < -0.4 is 10.9 Å². The van der Waals surface area contributed by atoms with E-state index in [4.69, 9.17) is 9.15 Å². The van der Waals surface area contributed by atoms with E-state index in [0.717, 1.165) is 5.56 Å². The van der Waals surface area contributed by atoms with Crippen molar-refractivity contribution in [2.75, 3.05) is 6.61 Å². The maximum atomic E-state index is 11.9. The zero-order chi connectivity index (χ0) is 15.9. The lowest BCUT2D eigenvalue weighted by Gasteiger charge is -2.07. The number of rotatable bonds is 5. The molecule has 0 spiro atoms. The number of carbonyl (C=O) groups is 2. The van der Waals surface area contributed by atoms with E-state index in [2.05, 4.69) is 10.9 Å². The number of hydrogen-bond donors (Lipinski definition) is 2. The van der Waals surface area contributed by atoms with Crippen LogP contribution in [0.4, 0.5) is 0 Å². The minimum absolute atomic E-state index is 0.140. The Labute approximate surface area is 128 Å². The highest BCUT2D eigenvalue weighted by atomic mass is 16.5. The summed E-state index contributed by atoms with van der Waals surface area (Å²) in [7, 11) is 0. The molecular weight excluding hydrogens is 284 g/mol. The molecule has 0 bridgehead atoms. The summed E-state index contributed by atoms with van der Waals surface area (Å²) in [6.07, 6.45) is 0. The minimum Gasteiger partial charge on any atom is -0.466 e. The average Bonchev–Trinajstić information content (AvgIpc) is 2.84. The molecule has 2 amide bonds. The van der Waals surface area contributed by atoms with Crippen molar-refractivity contribution < 1.29 is 18.7 Å². The largest absolute Gasteiger partial charge is 0.466 e. The number of aryl methyl sites for hydroxylation is 2. The van der Waals surface area contributed by atoms with Crippen molar-refractivity contribution in [1.29, 1.82) is 0 Å². The Morgan fingerprint density at radius 1 is 1.14 bits per heavy atom. The summed E-state index contributed by atoms with van der Waals surface area (Å²) in [6.45, 7) is 3.63. The highest BCUT2D eigenvalue weighted by molar-refractivity contribution is 5.96. The predicted octanol–water partition coefficient (Wildman–Crippen LogP) is 1.87. The number of amides is 2. The molecule has 116 valence electrons. The highest BCUT2D eigenvalue weighted by Gasteiger charge is 2.13. The lowest BCUT2D eigenvalue weighted by atomic mass is 10.2. The molecule has 0 aliphatic carbocycles. The molecule has 0 unspecified atom stereocenters. The summed E-state index contributed by atoms with van der Waals surface area (Å²) in [6, 6.07) is 11.1. The third kappa shape index (κ3) is 4.46. The van der Waals surface area contributed by atoms with E-state index in [1.165, 1.54) is 0 Å². The molecule has 1 heterocycles. The molecular formula is C16H18N2O4. The van der Waals surface area contributed by atoms with E-state index < -0.39 is 11.8 Å². The first-order chi connectivity index (χ1) is 10.6. The van der Waals surface area contributed by atoms with Crippen molar-refractivity contribution in [3.63, 3.8) is 0 Å². The molecule has 6 nitrogen and oxygen atoms in total. The van der Waals surface area contributed by atoms with Gasteiger partial charge in [-0.05, 0) is 25.5 Å². The zero-order valence-corrected chi connectivity index (χ0v) is 12.5. The van der Waals surface area contributed by atoms with Gasteiger partial charge in [-0.25, -0.2) is 0 Å². The van der Waals surface area contributed by atoms with E-state index in [1.54, 1.807) is 19.9 Å². The second-order valence-electron chi connectivity index (χ2n) is 4.81. The minimum atomic E-state index is -0.429. The molecule has 0 atom stereocenters. The van der Waals surface area contributed by atoms with E-state index in [0.29, 0.717) is 23.7 Å². The Morgan fingerprint density at radius 3 is 2.50 bits per heavy atom. The van der Waals surface area contributed by atoms with Crippen LogP contribution in [-0.4, -0.2) is 18.4 Å². The second kappa shape index (κ2) is 7.42. The third-order valence-corrected chi connectivity index (χ3v) is 2.95. The summed E-state index contributed by atoms with van der Waals surface area (Å²) < 4.78 is 10.5. The Morgan fingerprint density at radius 2 is 1.86 bits per heavy atom. The summed E-state index contributed by atoms with van der Waals surface area (Å²) in [4.78, 5) is 23.4. The topological polar surface area (TPSA) is 80.6 Å². The predicted molar refractivity (Wildman–Crippen MR) is 79.9 cm³/mol. The lowest BCUT2D eigenvalue weighted by molar-refractivity contribution is -0.126. The molecule has 6 heteroatoms. The van der Waals surface area contributed by atoms with Gasteiger partial charge < -0.3 is 9.15 Å². The van der Waals surface area contributed by atoms with Crippen LogP contribution in [0.2, 0.25) is 0 Å². The van der Waals surface area contributed by atoms with Gasteiger partial charge in [0.2, 0.25) is 0 Å². The summed E-state index contributed by atoms with van der Waals surface area (Å²) in [5, 5.41) is 0. The molecule has 1 aromatic carbocycles. The van der Waals surface area contributed by atoms with Gasteiger partial charge in [0.25, 0.3) is 11.8 Å². The maximum Gasteiger partial charge on any atom is 0.273 e. The maximum absolute atomic E-state index is 11.9. The van der Waals surface area contributed by atoms with E-state index in [-0.39, 0.29) is 6.61 Å². The van der Waals surface area contributed by atoms with Crippen LogP contribution in [0.15, 0.2) is 40.8 Å². The van der Waals surface area contributed by atoms with Gasteiger partial charge >= 0.3 is 0 Å². The van der Waals surface area contributed by atoms with Crippen LogP contribution in [0.1, 0.15) is 27.4 Å². The molecule has 0 saturated heterocycles. The quantitative estimate of drug-likeness (QED) is 0.826. The van der Waals surface area contributed by atoms with Gasteiger partial charge in [0, 0.05) is 0 Å². The Balaban J connectivity index is 1.71. The molecule has 0 aliphatic heterocycles. The molecule has 0 saturated carbocycles. The first kappa shape index (κ1) is 15.8. The molecule has 0 fully saturated rings. The monoisotopic (exact) mass is 302 g/mol. The Bertz CT molecular complexity index is 649. The molecule has 1 aromatic heterocycles. The standard InChI is InChI=1S/C16H18N2O4/c1-11-8-14(12(2)22-11)16(20)18-17-15(19)10-21-9-13-6-4-3-5-7-13/h3-8H,9-10H2,1-2H3,(H,17,19)(H,18,20). The van der Waals surface area contributed by atoms with E-state index in [1.807, 2.05) is 30.3 Å². The van der Waals surface area contributed by atoms with Gasteiger partial charge in [-0.2, -0.15) is 0 Å². The summed E-state index contributed by atoms with van der Waals surface area (Å²) in [5.74, 6) is 0.289. The normalized spacial score (nSPS) is 10.3. The Hall–Kier alpha value is -2.60. The van der Waals surface area contributed by atoms with Crippen LogP contribution >= 0.6 is 0 Å². The number of carbonyl (C=O) groups excluding carboxylic acids is 2. The van der Waals surface area contributed by atoms with Crippen molar-refractivity contribution >= 4 is 11.8 Å². The van der Waals surface area contributed by atoms with E-state index >= 15 is 0 Å². The number of nitrogens with one attached hydrogen (secondary N) is 2. The van der Waals surface area contributed by atoms with Gasteiger partial charge in [-0.15, -0.1) is 0 Å². The van der Waals surface area contributed by atoms with Crippen molar-refractivity contribution in [1.82, 2.24) is 10.9 Å². The van der Waals surface area contributed by atoms with Crippen LogP contribution in [0.3, 0.4) is 0 Å². The SMILES string of the molecule is Cc1cc(C(=O)NNC(=O)COCc2ccccc2)c(C)o1. The summed E-state index contributed by atoms with van der Waals surface area (Å²) in [5.41, 5.74) is 5.99. The summed E-state index contributed by atoms with van der Waals surface area (Å²) >= 11 is 0. The fraction of sp³-hybridized carbons (Fsp3) is 0.250. The van der Waals surface area contributed by atoms with Gasteiger partial charge in [0.05, 0.1) is 12.2 Å². The van der Waals surface area contributed by atoms with E-state index in [9.17, 15) is 9.59 Å². The fourth-order valence-corrected chi connectivity index (χ4v) is 1.92. The molecule has 0 aliphatic rings. The van der Waals surface area contributed by atoms with Gasteiger partial charge in [0.1, 0.15) is 18.1 Å². The number of benzene rings is 1. The van der Waals surface area contributed by atoms with Gasteiger partial charge in [-0.3, -0.25) is 20.4 Å². The van der Waals surface area contributed by atoms with Crippen molar-refractivity contribution in [3.8, 4) is 0 Å². The van der Waals surface area contributed by atoms with Gasteiger partial charge in [0.15, 0.2) is 0 Å². The smallest absolute Gasteiger partial charge is 0.273 e. The fourth-order valence-electron chi connectivity index (χ4n) is 1.92. The number of ether oxygens (including phenoxy) is 1.